The van der Waals surface area contributed by atoms with Gasteiger partial charge in [-0.25, -0.2) is 0 Å². The Hall–Kier alpha value is -1.89. The van der Waals surface area contributed by atoms with Crippen LogP contribution in [-0.4, -0.2) is 36.3 Å². The SMILES string of the molecule is CCC(C)NC(=O)C(C)NC(=O)C1CC(=O)N(c2ccc(Br)c(C)c2)C1. The van der Waals surface area contributed by atoms with Gasteiger partial charge in [-0.2, -0.15) is 0 Å². The van der Waals surface area contributed by atoms with Gasteiger partial charge in [0.05, 0.1) is 5.92 Å². The molecule has 7 heteroatoms. The molecule has 6 nitrogen and oxygen atoms in total. The normalized spacial score (nSPS) is 19.2. The van der Waals surface area contributed by atoms with E-state index in [1.807, 2.05) is 39.0 Å². The van der Waals surface area contributed by atoms with E-state index >= 15 is 0 Å². The Morgan fingerprint density at radius 3 is 2.62 bits per heavy atom. The number of carbonyl (C=O) groups excluding carboxylic acids is 3. The third-order valence-corrected chi connectivity index (χ3v) is 5.59. The lowest BCUT2D eigenvalue weighted by molar-refractivity contribution is -0.131. The molecule has 0 aliphatic carbocycles. The van der Waals surface area contributed by atoms with Crippen molar-refractivity contribution in [3.63, 3.8) is 0 Å². The summed E-state index contributed by atoms with van der Waals surface area (Å²) in [5.74, 6) is -1.01. The van der Waals surface area contributed by atoms with Crippen molar-refractivity contribution in [3.8, 4) is 0 Å². The number of anilines is 1. The van der Waals surface area contributed by atoms with Gasteiger partial charge in [0.1, 0.15) is 6.04 Å². The van der Waals surface area contributed by atoms with Crippen LogP contribution in [0.1, 0.15) is 39.2 Å². The number of rotatable bonds is 6. The average Bonchev–Trinajstić information content (AvgIpc) is 2.99. The summed E-state index contributed by atoms with van der Waals surface area (Å²) < 4.78 is 0.975. The van der Waals surface area contributed by atoms with E-state index in [0.29, 0.717) is 6.54 Å². The summed E-state index contributed by atoms with van der Waals surface area (Å²) in [4.78, 5) is 38.5. The fraction of sp³-hybridized carbons (Fsp3) is 0.526. The van der Waals surface area contributed by atoms with Gasteiger partial charge in [0, 0.05) is 29.2 Å². The number of hydrogen-bond donors (Lipinski definition) is 2. The third-order valence-electron chi connectivity index (χ3n) is 4.70. The van der Waals surface area contributed by atoms with E-state index in [0.717, 1.165) is 22.1 Å². The molecule has 1 saturated heterocycles. The number of aryl methyl sites for hydroxylation is 1. The second kappa shape index (κ2) is 8.66. The molecule has 1 aromatic rings. The molecule has 2 rings (SSSR count). The van der Waals surface area contributed by atoms with Crippen molar-refractivity contribution in [2.24, 2.45) is 5.92 Å². The van der Waals surface area contributed by atoms with E-state index < -0.39 is 12.0 Å². The molecule has 26 heavy (non-hydrogen) atoms. The van der Waals surface area contributed by atoms with Gasteiger partial charge in [-0.1, -0.05) is 22.9 Å². The van der Waals surface area contributed by atoms with Crippen LogP contribution in [0.2, 0.25) is 0 Å². The van der Waals surface area contributed by atoms with Gasteiger partial charge >= 0.3 is 0 Å². The number of carbonyl (C=O) groups is 3. The summed E-state index contributed by atoms with van der Waals surface area (Å²) in [7, 11) is 0. The number of halogens is 1. The van der Waals surface area contributed by atoms with Crippen LogP contribution in [0.5, 0.6) is 0 Å². The molecule has 142 valence electrons. The first-order chi connectivity index (χ1) is 12.2. The molecular weight excluding hydrogens is 398 g/mol. The fourth-order valence-corrected chi connectivity index (χ4v) is 3.04. The van der Waals surface area contributed by atoms with E-state index in [9.17, 15) is 14.4 Å². The Kier molecular flexibility index (Phi) is 6.81. The lowest BCUT2D eigenvalue weighted by atomic mass is 10.1. The van der Waals surface area contributed by atoms with Crippen LogP contribution in [-0.2, 0) is 14.4 Å². The maximum absolute atomic E-state index is 12.5. The zero-order valence-corrected chi connectivity index (χ0v) is 17.2. The van der Waals surface area contributed by atoms with Crippen molar-refractivity contribution in [1.82, 2.24) is 10.6 Å². The minimum absolute atomic E-state index is 0.0612. The number of benzene rings is 1. The Labute approximate surface area is 162 Å². The zero-order chi connectivity index (χ0) is 19.4. The van der Waals surface area contributed by atoms with E-state index in [-0.39, 0.29) is 30.2 Å². The first-order valence-electron chi connectivity index (χ1n) is 8.90. The van der Waals surface area contributed by atoms with Crippen LogP contribution >= 0.6 is 15.9 Å². The molecule has 1 aromatic carbocycles. The number of nitrogens with one attached hydrogen (secondary N) is 2. The highest BCUT2D eigenvalue weighted by Crippen LogP contribution is 2.28. The quantitative estimate of drug-likeness (QED) is 0.737. The van der Waals surface area contributed by atoms with Gasteiger partial charge in [-0.3, -0.25) is 14.4 Å². The highest BCUT2D eigenvalue weighted by molar-refractivity contribution is 9.10. The molecule has 2 N–H and O–H groups in total. The van der Waals surface area contributed by atoms with Gasteiger partial charge in [-0.05, 0) is 51.0 Å². The summed E-state index contributed by atoms with van der Waals surface area (Å²) in [5, 5.41) is 5.57. The van der Waals surface area contributed by atoms with Crippen LogP contribution in [0, 0.1) is 12.8 Å². The Bertz CT molecular complexity index is 707. The molecule has 3 atom stereocenters. The van der Waals surface area contributed by atoms with Gasteiger partial charge in [-0.15, -0.1) is 0 Å². The summed E-state index contributed by atoms with van der Waals surface area (Å²) in [6.07, 6.45) is 0.978. The van der Waals surface area contributed by atoms with E-state index in [2.05, 4.69) is 26.6 Å². The average molecular weight is 424 g/mol. The van der Waals surface area contributed by atoms with E-state index in [4.69, 9.17) is 0 Å². The van der Waals surface area contributed by atoms with Crippen LogP contribution < -0.4 is 15.5 Å². The second-order valence-corrected chi connectivity index (χ2v) is 7.74. The second-order valence-electron chi connectivity index (χ2n) is 6.89. The predicted octanol–water partition coefficient (Wildman–Crippen LogP) is 2.53. The Balaban J connectivity index is 1.97. The molecule has 3 unspecified atom stereocenters. The predicted molar refractivity (Wildman–Crippen MR) is 105 cm³/mol. The fourth-order valence-electron chi connectivity index (χ4n) is 2.80. The minimum Gasteiger partial charge on any atom is -0.352 e. The van der Waals surface area contributed by atoms with Crippen LogP contribution in [0.15, 0.2) is 22.7 Å². The first-order valence-corrected chi connectivity index (χ1v) is 9.69. The first kappa shape index (κ1) is 20.4. The molecule has 3 amide bonds. The van der Waals surface area contributed by atoms with E-state index in [1.54, 1.807) is 11.8 Å². The topological polar surface area (TPSA) is 78.5 Å². The standard InChI is InChI=1S/C19H26BrN3O3/c1-5-12(3)21-18(25)13(4)22-19(26)14-9-17(24)23(10-14)15-6-7-16(20)11(2)8-15/h6-8,12-14H,5,9-10H2,1-4H3,(H,21,25)(H,22,26). The monoisotopic (exact) mass is 423 g/mol. The van der Waals surface area contributed by atoms with Crippen molar-refractivity contribution in [2.75, 3.05) is 11.4 Å². The molecule has 0 spiro atoms. The van der Waals surface area contributed by atoms with Crippen molar-refractivity contribution in [3.05, 3.63) is 28.2 Å². The molecule has 0 saturated carbocycles. The molecule has 1 aliphatic rings. The Morgan fingerprint density at radius 1 is 1.31 bits per heavy atom. The lowest BCUT2D eigenvalue weighted by Gasteiger charge is -2.20. The highest BCUT2D eigenvalue weighted by atomic mass is 79.9. The van der Waals surface area contributed by atoms with Crippen LogP contribution in [0.4, 0.5) is 5.69 Å². The molecule has 1 fully saturated rings. The summed E-state index contributed by atoms with van der Waals surface area (Å²) in [6, 6.07) is 5.11. The molecule has 0 bridgehead atoms. The van der Waals surface area contributed by atoms with Gasteiger partial charge < -0.3 is 15.5 Å². The smallest absolute Gasteiger partial charge is 0.242 e. The highest BCUT2D eigenvalue weighted by Gasteiger charge is 2.36. The minimum atomic E-state index is -0.629. The lowest BCUT2D eigenvalue weighted by Crippen LogP contribution is -2.49. The molecular formula is C19H26BrN3O3. The van der Waals surface area contributed by atoms with Crippen molar-refractivity contribution >= 4 is 39.3 Å². The van der Waals surface area contributed by atoms with E-state index in [1.165, 1.54) is 0 Å². The van der Waals surface area contributed by atoms with Crippen molar-refractivity contribution < 1.29 is 14.4 Å². The maximum atomic E-state index is 12.5. The largest absolute Gasteiger partial charge is 0.352 e. The van der Waals surface area contributed by atoms with Gasteiger partial charge in [0.2, 0.25) is 17.7 Å². The summed E-state index contributed by atoms with van der Waals surface area (Å²) in [5.41, 5.74) is 1.81. The zero-order valence-electron chi connectivity index (χ0n) is 15.6. The number of nitrogens with zero attached hydrogens (tertiary/aromatic N) is 1. The summed E-state index contributed by atoms with van der Waals surface area (Å²) in [6.45, 7) is 7.83. The maximum Gasteiger partial charge on any atom is 0.242 e. The van der Waals surface area contributed by atoms with Crippen LogP contribution in [0.25, 0.3) is 0 Å². The van der Waals surface area contributed by atoms with Gasteiger partial charge in [0.25, 0.3) is 0 Å². The third kappa shape index (κ3) is 4.84. The summed E-state index contributed by atoms with van der Waals surface area (Å²) >= 11 is 3.45. The molecule has 0 aromatic heterocycles. The van der Waals surface area contributed by atoms with Crippen molar-refractivity contribution in [1.29, 1.82) is 0 Å². The number of amides is 3. The number of hydrogen-bond acceptors (Lipinski definition) is 3. The Morgan fingerprint density at radius 2 is 2.00 bits per heavy atom. The van der Waals surface area contributed by atoms with Gasteiger partial charge in [0.15, 0.2) is 0 Å². The van der Waals surface area contributed by atoms with Crippen molar-refractivity contribution in [2.45, 2.75) is 52.6 Å². The molecule has 1 heterocycles. The molecule has 0 radical (unpaired) electrons. The molecule has 1 aliphatic heterocycles. The van der Waals surface area contributed by atoms with Crippen LogP contribution in [0.3, 0.4) is 0 Å².